The van der Waals surface area contributed by atoms with Gasteiger partial charge in [0.25, 0.3) is 5.91 Å². The van der Waals surface area contributed by atoms with E-state index in [1.807, 2.05) is 36.2 Å². The van der Waals surface area contributed by atoms with E-state index >= 15 is 0 Å². The summed E-state index contributed by atoms with van der Waals surface area (Å²) in [5, 5.41) is 0. The zero-order valence-electron chi connectivity index (χ0n) is 12.0. The Hall–Kier alpha value is -1.62. The molecule has 1 saturated heterocycles. The number of aryl methyl sites for hydroxylation is 1. The highest BCUT2D eigenvalue weighted by atomic mass is 79.9. The van der Waals surface area contributed by atoms with Crippen LogP contribution in [0.15, 0.2) is 35.2 Å². The van der Waals surface area contributed by atoms with E-state index in [-0.39, 0.29) is 5.91 Å². The van der Waals surface area contributed by atoms with Crippen LogP contribution in [0.1, 0.15) is 40.4 Å². The van der Waals surface area contributed by atoms with Gasteiger partial charge in [-0.05, 0) is 43.5 Å². The van der Waals surface area contributed by atoms with Crippen molar-refractivity contribution >= 4 is 21.8 Å². The summed E-state index contributed by atoms with van der Waals surface area (Å²) in [4.78, 5) is 21.8. The number of carbonyl (C=O) groups is 1. The molecule has 5 heteroatoms. The first-order valence-corrected chi connectivity index (χ1v) is 7.97. The molecule has 1 amide bonds. The largest absolute Gasteiger partial charge is 0.348 e. The molecule has 110 valence electrons. The van der Waals surface area contributed by atoms with Crippen LogP contribution >= 0.6 is 15.9 Å². The van der Waals surface area contributed by atoms with Crippen molar-refractivity contribution in [3.63, 3.8) is 0 Å². The Morgan fingerprint density at radius 1 is 1.33 bits per heavy atom. The lowest BCUT2D eigenvalue weighted by molar-refractivity contribution is 0.0712. The van der Waals surface area contributed by atoms with Gasteiger partial charge in [-0.2, -0.15) is 0 Å². The first-order chi connectivity index (χ1) is 10.1. The SMILES string of the molecule is Cc1cc(Br)cc(C(=O)N2CCC(c3cnc[nH]3)CC2)c1. The molecule has 2 heterocycles. The number of amides is 1. The fourth-order valence-electron chi connectivity index (χ4n) is 2.93. The molecule has 2 aromatic rings. The van der Waals surface area contributed by atoms with Gasteiger partial charge < -0.3 is 9.88 Å². The van der Waals surface area contributed by atoms with E-state index in [4.69, 9.17) is 0 Å². The average molecular weight is 348 g/mol. The maximum Gasteiger partial charge on any atom is 0.253 e. The molecular weight excluding hydrogens is 330 g/mol. The number of nitrogens with one attached hydrogen (secondary N) is 1. The Kier molecular flexibility index (Phi) is 4.10. The van der Waals surface area contributed by atoms with Crippen LogP contribution in [-0.2, 0) is 0 Å². The highest BCUT2D eigenvalue weighted by molar-refractivity contribution is 9.10. The Morgan fingerprint density at radius 2 is 2.10 bits per heavy atom. The van der Waals surface area contributed by atoms with Gasteiger partial charge >= 0.3 is 0 Å². The van der Waals surface area contributed by atoms with Crippen LogP contribution in [0.3, 0.4) is 0 Å². The van der Waals surface area contributed by atoms with Gasteiger partial charge in [-0.15, -0.1) is 0 Å². The summed E-state index contributed by atoms with van der Waals surface area (Å²) in [7, 11) is 0. The van der Waals surface area contributed by atoms with E-state index in [1.54, 1.807) is 6.33 Å². The van der Waals surface area contributed by atoms with Crippen LogP contribution < -0.4 is 0 Å². The minimum atomic E-state index is 0.127. The van der Waals surface area contributed by atoms with Gasteiger partial charge in [0.1, 0.15) is 0 Å². The first-order valence-electron chi connectivity index (χ1n) is 7.18. The van der Waals surface area contributed by atoms with Crippen molar-refractivity contribution in [1.29, 1.82) is 0 Å². The van der Waals surface area contributed by atoms with Crippen LogP contribution in [-0.4, -0.2) is 33.9 Å². The van der Waals surface area contributed by atoms with Crippen LogP contribution in [0.25, 0.3) is 0 Å². The molecule has 1 aromatic heterocycles. The number of likely N-dealkylation sites (tertiary alicyclic amines) is 1. The van der Waals surface area contributed by atoms with Gasteiger partial charge in [0, 0.05) is 40.9 Å². The van der Waals surface area contributed by atoms with Crippen molar-refractivity contribution < 1.29 is 4.79 Å². The average Bonchev–Trinajstić information content (AvgIpc) is 3.00. The highest BCUT2D eigenvalue weighted by Gasteiger charge is 2.25. The zero-order valence-corrected chi connectivity index (χ0v) is 13.6. The van der Waals surface area contributed by atoms with Crippen molar-refractivity contribution in [1.82, 2.24) is 14.9 Å². The number of hydrogen-bond acceptors (Lipinski definition) is 2. The van der Waals surface area contributed by atoms with Crippen molar-refractivity contribution in [2.24, 2.45) is 0 Å². The van der Waals surface area contributed by atoms with Crippen LogP contribution in [0.2, 0.25) is 0 Å². The summed E-state index contributed by atoms with van der Waals surface area (Å²) < 4.78 is 0.957. The van der Waals surface area contributed by atoms with E-state index in [2.05, 4.69) is 25.9 Å². The summed E-state index contributed by atoms with van der Waals surface area (Å²) in [6, 6.07) is 5.87. The van der Waals surface area contributed by atoms with E-state index in [0.717, 1.165) is 41.5 Å². The molecular formula is C16H18BrN3O. The minimum Gasteiger partial charge on any atom is -0.348 e. The smallest absolute Gasteiger partial charge is 0.253 e. The third-order valence-electron chi connectivity index (χ3n) is 4.03. The van der Waals surface area contributed by atoms with Gasteiger partial charge in [0.2, 0.25) is 0 Å². The second kappa shape index (κ2) is 6.02. The first kappa shape index (κ1) is 14.3. The number of H-pyrrole nitrogens is 1. The third-order valence-corrected chi connectivity index (χ3v) is 4.49. The topological polar surface area (TPSA) is 49.0 Å². The molecule has 0 aliphatic carbocycles. The molecule has 1 aromatic carbocycles. The molecule has 1 aliphatic rings. The molecule has 4 nitrogen and oxygen atoms in total. The number of aromatic amines is 1. The van der Waals surface area contributed by atoms with E-state index in [0.29, 0.717) is 5.92 Å². The maximum atomic E-state index is 12.6. The summed E-state index contributed by atoms with van der Waals surface area (Å²) in [5.74, 6) is 0.614. The van der Waals surface area contributed by atoms with Crippen LogP contribution in [0.5, 0.6) is 0 Å². The highest BCUT2D eigenvalue weighted by Crippen LogP contribution is 2.27. The number of piperidine rings is 1. The summed E-state index contributed by atoms with van der Waals surface area (Å²) in [5.41, 5.74) is 3.04. The number of hydrogen-bond donors (Lipinski definition) is 1. The fourth-order valence-corrected chi connectivity index (χ4v) is 3.53. The molecule has 0 bridgehead atoms. The number of nitrogens with zero attached hydrogens (tertiary/aromatic N) is 2. The molecule has 0 saturated carbocycles. The summed E-state index contributed by atoms with van der Waals surface area (Å²) in [6.45, 7) is 3.61. The summed E-state index contributed by atoms with van der Waals surface area (Å²) >= 11 is 3.46. The Morgan fingerprint density at radius 3 is 2.71 bits per heavy atom. The maximum absolute atomic E-state index is 12.6. The minimum absolute atomic E-state index is 0.127. The van der Waals surface area contributed by atoms with Crippen molar-refractivity contribution in [3.8, 4) is 0 Å². The Labute approximate surface area is 132 Å². The number of imidazole rings is 1. The molecule has 0 unspecified atom stereocenters. The van der Waals surface area contributed by atoms with Crippen LogP contribution in [0, 0.1) is 6.92 Å². The number of carbonyl (C=O) groups excluding carboxylic acids is 1. The van der Waals surface area contributed by atoms with Crippen LogP contribution in [0.4, 0.5) is 0 Å². The van der Waals surface area contributed by atoms with Gasteiger partial charge in [-0.25, -0.2) is 4.98 Å². The van der Waals surface area contributed by atoms with E-state index < -0.39 is 0 Å². The van der Waals surface area contributed by atoms with Gasteiger partial charge in [0.05, 0.1) is 6.33 Å². The number of benzene rings is 1. The summed E-state index contributed by atoms with van der Waals surface area (Å²) in [6.07, 6.45) is 5.58. The van der Waals surface area contributed by atoms with E-state index in [9.17, 15) is 4.79 Å². The predicted octanol–water partition coefficient (Wildman–Crippen LogP) is 3.50. The molecule has 1 fully saturated rings. The molecule has 0 radical (unpaired) electrons. The fraction of sp³-hybridized carbons (Fsp3) is 0.375. The molecule has 3 rings (SSSR count). The van der Waals surface area contributed by atoms with Crippen molar-refractivity contribution in [3.05, 3.63) is 52.0 Å². The molecule has 1 aliphatic heterocycles. The Bertz CT molecular complexity index is 611. The second-order valence-corrected chi connectivity index (χ2v) is 6.51. The standard InChI is InChI=1S/C16H18BrN3O/c1-11-6-13(8-14(17)7-11)16(21)20-4-2-12(3-5-20)15-9-18-10-19-15/h6-10,12H,2-5H2,1H3,(H,18,19). The van der Waals surface area contributed by atoms with Gasteiger partial charge in [-0.3, -0.25) is 4.79 Å². The van der Waals surface area contributed by atoms with E-state index in [1.165, 1.54) is 5.69 Å². The number of aromatic nitrogens is 2. The second-order valence-electron chi connectivity index (χ2n) is 5.59. The van der Waals surface area contributed by atoms with Gasteiger partial charge in [0.15, 0.2) is 0 Å². The lowest BCUT2D eigenvalue weighted by Gasteiger charge is -2.31. The normalized spacial score (nSPS) is 16.2. The van der Waals surface area contributed by atoms with Crippen molar-refractivity contribution in [2.45, 2.75) is 25.7 Å². The number of halogens is 1. The monoisotopic (exact) mass is 347 g/mol. The van der Waals surface area contributed by atoms with Crippen molar-refractivity contribution in [2.75, 3.05) is 13.1 Å². The lowest BCUT2D eigenvalue weighted by atomic mass is 9.93. The number of rotatable bonds is 2. The third kappa shape index (κ3) is 3.18. The Balaban J connectivity index is 1.67. The predicted molar refractivity (Wildman–Crippen MR) is 85.3 cm³/mol. The molecule has 0 atom stereocenters. The molecule has 1 N–H and O–H groups in total. The quantitative estimate of drug-likeness (QED) is 0.903. The molecule has 21 heavy (non-hydrogen) atoms. The molecule has 0 spiro atoms. The lowest BCUT2D eigenvalue weighted by Crippen LogP contribution is -2.38. The van der Waals surface area contributed by atoms with Gasteiger partial charge in [-0.1, -0.05) is 15.9 Å². The zero-order chi connectivity index (χ0) is 14.8.